The van der Waals surface area contributed by atoms with Gasteiger partial charge in [0.05, 0.1) is 30.1 Å². The van der Waals surface area contributed by atoms with Gasteiger partial charge in [-0.05, 0) is 44.7 Å². The maximum Gasteiger partial charge on any atom is 0.310 e. The lowest BCUT2D eigenvalue weighted by Crippen LogP contribution is -2.44. The minimum absolute atomic E-state index is 0.157. The summed E-state index contributed by atoms with van der Waals surface area (Å²) in [6, 6.07) is 5.98. The van der Waals surface area contributed by atoms with E-state index in [1.54, 1.807) is 0 Å². The van der Waals surface area contributed by atoms with E-state index in [4.69, 9.17) is 4.74 Å². The van der Waals surface area contributed by atoms with Crippen LogP contribution >= 0.6 is 0 Å². The van der Waals surface area contributed by atoms with Crippen molar-refractivity contribution in [3.05, 3.63) is 34.9 Å². The predicted molar refractivity (Wildman–Crippen MR) is 85.0 cm³/mol. The van der Waals surface area contributed by atoms with E-state index < -0.39 is 17.8 Å². The Balaban J connectivity index is 1.76. The fraction of sp³-hybridized carbons (Fsp3) is 0.556. The minimum Gasteiger partial charge on any atom is -0.481 e. The third kappa shape index (κ3) is 2.85. The summed E-state index contributed by atoms with van der Waals surface area (Å²) in [5.41, 5.74) is 3.31. The van der Waals surface area contributed by atoms with Crippen molar-refractivity contribution in [3.63, 3.8) is 0 Å². The Kier molecular flexibility index (Phi) is 4.15. The first-order chi connectivity index (χ1) is 10.9. The summed E-state index contributed by atoms with van der Waals surface area (Å²) in [5, 5.41) is 12.4. The lowest BCUT2D eigenvalue weighted by molar-refractivity contribution is -0.148. The number of amides is 1. The van der Waals surface area contributed by atoms with Gasteiger partial charge in [-0.3, -0.25) is 9.59 Å². The van der Waals surface area contributed by atoms with Crippen LogP contribution in [0.2, 0.25) is 0 Å². The number of ether oxygens (including phenoxy) is 1. The molecular weight excluding hydrogens is 294 g/mol. The van der Waals surface area contributed by atoms with Crippen molar-refractivity contribution in [2.75, 3.05) is 0 Å². The SMILES string of the molecule is Cc1ccc(C)c([C@H](C)NC(=O)[C@H]2[C@@H](C(=O)O)[C@@H]3CC[C@@H]2O3)c1. The molecule has 5 nitrogen and oxygen atoms in total. The van der Waals surface area contributed by atoms with Crippen LogP contribution in [0.25, 0.3) is 0 Å². The lowest BCUT2D eigenvalue weighted by Gasteiger charge is -2.26. The Morgan fingerprint density at radius 1 is 1.22 bits per heavy atom. The predicted octanol–water partition coefficient (Wildman–Crippen LogP) is 2.36. The fourth-order valence-electron chi connectivity index (χ4n) is 3.94. The van der Waals surface area contributed by atoms with Crippen molar-refractivity contribution >= 4 is 11.9 Å². The summed E-state index contributed by atoms with van der Waals surface area (Å²) in [4.78, 5) is 24.2. The van der Waals surface area contributed by atoms with E-state index >= 15 is 0 Å². The molecule has 2 saturated heterocycles. The van der Waals surface area contributed by atoms with Crippen molar-refractivity contribution in [2.24, 2.45) is 11.8 Å². The first kappa shape index (κ1) is 16.0. The summed E-state index contributed by atoms with van der Waals surface area (Å²) in [6.45, 7) is 5.96. The summed E-state index contributed by atoms with van der Waals surface area (Å²) in [7, 11) is 0. The second-order valence-corrected chi connectivity index (χ2v) is 6.77. The number of rotatable bonds is 4. The van der Waals surface area contributed by atoms with E-state index in [1.807, 2.05) is 32.9 Å². The number of hydrogen-bond donors (Lipinski definition) is 2. The fourth-order valence-corrected chi connectivity index (χ4v) is 3.94. The molecule has 23 heavy (non-hydrogen) atoms. The molecule has 5 atom stereocenters. The molecule has 2 N–H and O–H groups in total. The number of nitrogens with one attached hydrogen (secondary N) is 1. The van der Waals surface area contributed by atoms with Crippen LogP contribution in [0, 0.1) is 25.7 Å². The quantitative estimate of drug-likeness (QED) is 0.894. The Morgan fingerprint density at radius 2 is 1.87 bits per heavy atom. The van der Waals surface area contributed by atoms with E-state index in [2.05, 4.69) is 11.4 Å². The van der Waals surface area contributed by atoms with Crippen molar-refractivity contribution in [3.8, 4) is 0 Å². The number of carbonyl (C=O) groups is 2. The van der Waals surface area contributed by atoms with E-state index in [-0.39, 0.29) is 24.2 Å². The van der Waals surface area contributed by atoms with Gasteiger partial charge in [-0.1, -0.05) is 23.8 Å². The Hall–Kier alpha value is -1.88. The van der Waals surface area contributed by atoms with Gasteiger partial charge in [0.2, 0.25) is 5.91 Å². The number of aryl methyl sites for hydroxylation is 2. The monoisotopic (exact) mass is 317 g/mol. The average molecular weight is 317 g/mol. The third-order valence-corrected chi connectivity index (χ3v) is 5.12. The van der Waals surface area contributed by atoms with Crippen LogP contribution in [0.5, 0.6) is 0 Å². The summed E-state index contributed by atoms with van der Waals surface area (Å²) in [5.74, 6) is -2.45. The van der Waals surface area contributed by atoms with Gasteiger partial charge in [0.15, 0.2) is 0 Å². The van der Waals surface area contributed by atoms with Gasteiger partial charge in [0, 0.05) is 0 Å². The topological polar surface area (TPSA) is 75.6 Å². The molecule has 0 aliphatic carbocycles. The number of carboxylic acid groups (broad SMARTS) is 1. The standard InChI is InChI=1S/C18H23NO4/c1-9-4-5-10(2)12(8-9)11(3)19-17(20)15-13-6-7-14(23-13)16(15)18(21)22/h4-5,8,11,13-16H,6-7H2,1-3H3,(H,19,20)(H,21,22)/t11-,13-,14-,15+,16-/m0/s1. The van der Waals surface area contributed by atoms with Gasteiger partial charge in [-0.2, -0.15) is 0 Å². The molecule has 3 rings (SSSR count). The van der Waals surface area contributed by atoms with Gasteiger partial charge in [0.25, 0.3) is 0 Å². The maximum absolute atomic E-state index is 12.7. The minimum atomic E-state index is -0.934. The molecular formula is C18H23NO4. The second kappa shape index (κ2) is 5.96. The molecule has 1 amide bonds. The van der Waals surface area contributed by atoms with Crippen LogP contribution in [0.15, 0.2) is 18.2 Å². The molecule has 1 aromatic rings. The van der Waals surface area contributed by atoms with Crippen LogP contribution in [-0.4, -0.2) is 29.2 Å². The zero-order valence-electron chi connectivity index (χ0n) is 13.7. The van der Waals surface area contributed by atoms with Gasteiger partial charge in [0.1, 0.15) is 0 Å². The molecule has 0 aromatic heterocycles. The molecule has 124 valence electrons. The Labute approximate surface area is 136 Å². The molecule has 1 aromatic carbocycles. The number of carbonyl (C=O) groups excluding carboxylic acids is 1. The van der Waals surface area contributed by atoms with Gasteiger partial charge in [-0.15, -0.1) is 0 Å². The zero-order valence-corrected chi connectivity index (χ0v) is 13.7. The van der Waals surface area contributed by atoms with Crippen LogP contribution in [-0.2, 0) is 14.3 Å². The normalized spacial score (nSPS) is 30.2. The average Bonchev–Trinajstić information content (AvgIpc) is 3.10. The van der Waals surface area contributed by atoms with Crippen LogP contribution in [0.1, 0.15) is 42.5 Å². The highest BCUT2D eigenvalue weighted by atomic mass is 16.5. The number of hydrogen-bond acceptors (Lipinski definition) is 3. The number of carboxylic acids is 1. The first-order valence-corrected chi connectivity index (χ1v) is 8.14. The summed E-state index contributed by atoms with van der Waals surface area (Å²) in [6.07, 6.45) is 0.929. The van der Waals surface area contributed by atoms with Crippen molar-refractivity contribution in [1.82, 2.24) is 5.32 Å². The van der Waals surface area contributed by atoms with Crippen LogP contribution < -0.4 is 5.32 Å². The molecule has 0 saturated carbocycles. The molecule has 2 aliphatic heterocycles. The smallest absolute Gasteiger partial charge is 0.310 e. The lowest BCUT2D eigenvalue weighted by atomic mass is 9.78. The van der Waals surface area contributed by atoms with Crippen molar-refractivity contribution < 1.29 is 19.4 Å². The number of aliphatic carboxylic acids is 1. The molecule has 2 heterocycles. The van der Waals surface area contributed by atoms with Gasteiger partial charge in [-0.25, -0.2) is 0 Å². The molecule has 2 fully saturated rings. The molecule has 2 bridgehead atoms. The highest BCUT2D eigenvalue weighted by Gasteiger charge is 2.55. The molecule has 2 aliphatic rings. The summed E-state index contributed by atoms with van der Waals surface area (Å²) >= 11 is 0. The van der Waals surface area contributed by atoms with E-state index in [0.29, 0.717) is 0 Å². The molecule has 5 heteroatoms. The van der Waals surface area contributed by atoms with Crippen molar-refractivity contribution in [1.29, 1.82) is 0 Å². The second-order valence-electron chi connectivity index (χ2n) is 6.77. The Morgan fingerprint density at radius 3 is 2.52 bits per heavy atom. The van der Waals surface area contributed by atoms with E-state index in [1.165, 1.54) is 0 Å². The van der Waals surface area contributed by atoms with E-state index in [0.717, 1.165) is 29.5 Å². The Bertz CT molecular complexity index is 642. The summed E-state index contributed by atoms with van der Waals surface area (Å²) < 4.78 is 5.67. The molecule has 0 unspecified atom stereocenters. The first-order valence-electron chi connectivity index (χ1n) is 8.14. The van der Waals surface area contributed by atoms with Gasteiger partial charge >= 0.3 is 5.97 Å². The maximum atomic E-state index is 12.7. The highest BCUT2D eigenvalue weighted by molar-refractivity contribution is 5.86. The zero-order chi connectivity index (χ0) is 16.7. The number of fused-ring (bicyclic) bond motifs is 2. The third-order valence-electron chi connectivity index (χ3n) is 5.12. The van der Waals surface area contributed by atoms with E-state index in [9.17, 15) is 14.7 Å². The van der Waals surface area contributed by atoms with Crippen molar-refractivity contribution in [2.45, 2.75) is 51.9 Å². The highest BCUT2D eigenvalue weighted by Crippen LogP contribution is 2.43. The largest absolute Gasteiger partial charge is 0.481 e. The molecule has 0 radical (unpaired) electrons. The molecule has 0 spiro atoms. The van der Waals surface area contributed by atoms with Crippen LogP contribution in [0.3, 0.4) is 0 Å². The number of benzene rings is 1. The van der Waals surface area contributed by atoms with Gasteiger partial charge < -0.3 is 15.2 Å². The van der Waals surface area contributed by atoms with Crippen LogP contribution in [0.4, 0.5) is 0 Å².